The van der Waals surface area contributed by atoms with Gasteiger partial charge in [-0.15, -0.1) is 6.42 Å². The predicted octanol–water partition coefficient (Wildman–Crippen LogP) is 1.78. The summed E-state index contributed by atoms with van der Waals surface area (Å²) >= 11 is 1.26. The van der Waals surface area contributed by atoms with Crippen molar-refractivity contribution >= 4 is 23.6 Å². The molecule has 8 N–H and O–H groups in total. The van der Waals surface area contributed by atoms with Gasteiger partial charge in [-0.3, -0.25) is 9.59 Å². The number of ether oxygens (including phenoxy) is 2. The van der Waals surface area contributed by atoms with Crippen molar-refractivity contribution in [2.24, 2.45) is 5.73 Å². The van der Waals surface area contributed by atoms with Gasteiger partial charge in [0.1, 0.15) is 24.4 Å². The summed E-state index contributed by atoms with van der Waals surface area (Å²) in [6, 6.07) is -1.17. The van der Waals surface area contributed by atoms with Gasteiger partial charge in [-0.2, -0.15) is 11.8 Å². The van der Waals surface area contributed by atoms with Crippen LogP contribution in [0.1, 0.15) is 103 Å². The number of unbranched alkanes of at least 4 members (excludes halogenated alkanes) is 11. The Bertz CT molecular complexity index is 2280. The number of hydrogen-bond donors (Lipinski definition) is 7. The molecule has 0 spiro atoms. The first-order valence-electron chi connectivity index (χ1n) is 21.4. The topological polar surface area (TPSA) is 192 Å². The van der Waals surface area contributed by atoms with Gasteiger partial charge in [0.15, 0.2) is 6.29 Å². The number of nitrogens with one attached hydrogen (secondary N) is 1. The van der Waals surface area contributed by atoms with Gasteiger partial charge in [-0.25, -0.2) is 0 Å². The van der Waals surface area contributed by atoms with Crippen LogP contribution in [0.15, 0.2) is 0 Å². The van der Waals surface area contributed by atoms with Crippen molar-refractivity contribution in [2.75, 3.05) is 18.1 Å². The molecule has 0 saturated carbocycles. The molecule has 338 valence electrons. The number of amides is 2. The minimum atomic E-state index is -1.67. The summed E-state index contributed by atoms with van der Waals surface area (Å²) < 4.78 is 11.5. The lowest BCUT2D eigenvalue weighted by Gasteiger charge is -2.41. The van der Waals surface area contributed by atoms with E-state index in [-0.39, 0.29) is 25.0 Å². The van der Waals surface area contributed by atoms with Gasteiger partial charge < -0.3 is 46.1 Å². The highest BCUT2D eigenvalue weighted by Gasteiger charge is 2.44. The van der Waals surface area contributed by atoms with Crippen molar-refractivity contribution in [3.05, 3.63) is 0 Å². The molecule has 0 aromatic rings. The first-order chi connectivity index (χ1) is 31.6. The Morgan fingerprint density at radius 3 is 1.57 bits per heavy atom. The fourth-order valence-corrected chi connectivity index (χ4v) is 6.70. The third-order valence-corrected chi connectivity index (χ3v) is 10.1. The third kappa shape index (κ3) is 30.5. The van der Waals surface area contributed by atoms with Gasteiger partial charge in [-0.05, 0) is 101 Å². The predicted molar refractivity (Wildman–Crippen MR) is 252 cm³/mol. The monoisotopic (exact) mass is 896 g/mol. The minimum Gasteiger partial charge on any atom is -0.390 e. The van der Waals surface area contributed by atoms with Gasteiger partial charge in [0, 0.05) is 53.4 Å². The van der Waals surface area contributed by atoms with Crippen LogP contribution in [0, 0.1) is 143 Å². The Balaban J connectivity index is 2.81. The number of primary amides is 1. The number of rotatable bonds is 25. The lowest BCUT2D eigenvalue weighted by atomic mass is 9.98. The minimum absolute atomic E-state index is 0.104. The highest BCUT2D eigenvalue weighted by molar-refractivity contribution is 7.99. The first-order valence-corrected chi connectivity index (χ1v) is 22.5. The van der Waals surface area contributed by atoms with E-state index < -0.39 is 67.4 Å². The number of carbonyl (C=O) groups excluding carboxylic acids is 2. The van der Waals surface area contributed by atoms with Crippen LogP contribution in [-0.4, -0.2) is 104 Å². The van der Waals surface area contributed by atoms with Gasteiger partial charge in [0.2, 0.25) is 11.8 Å². The molecule has 1 rings (SSSR count). The number of terminal acetylenes is 1. The van der Waals surface area contributed by atoms with Crippen LogP contribution >= 0.6 is 11.8 Å². The average Bonchev–Trinajstić information content (AvgIpc) is 3.29. The Morgan fingerprint density at radius 2 is 1.11 bits per heavy atom. The van der Waals surface area contributed by atoms with E-state index >= 15 is 0 Å². The average molecular weight is 897 g/mol. The molecule has 1 aliphatic rings. The van der Waals surface area contributed by atoms with E-state index in [4.69, 9.17) is 21.6 Å². The standard InChI is InChI=1S/C53H56N2O9S/c1-3-5-7-9-11-13-15-17-18-19-20-21-22-23-24-25-26-27-29-31-33-35-37-39-48(58)55-44(49(59)45(56)38-36-34-32-30-28-16-14-12-10-8-6-4-2)42-63-53-52(62)51(61)50(60)46(64-53)43-65-41-40-47(54)57/h1,44-46,49-53,56,59-62H,4,6,8,10,12,14,16,28,30,32,34,36,38-43H2,2H3,(H2,54,57)(H,55,58)/t44-,45+,46?,49-,50-,51-,52?,53-/m0/s1. The van der Waals surface area contributed by atoms with E-state index in [9.17, 15) is 35.1 Å². The molecule has 8 atom stereocenters. The summed E-state index contributed by atoms with van der Waals surface area (Å²) in [6.45, 7) is 1.78. The maximum Gasteiger partial charge on any atom is 0.232 e. The first kappa shape index (κ1) is 56.7. The lowest BCUT2D eigenvalue weighted by Crippen LogP contribution is -2.60. The van der Waals surface area contributed by atoms with E-state index in [0.717, 1.165) is 19.3 Å². The molecule has 2 unspecified atom stereocenters. The molecule has 1 heterocycles. The Labute approximate surface area is 390 Å². The van der Waals surface area contributed by atoms with Crippen LogP contribution in [0.2, 0.25) is 0 Å². The lowest BCUT2D eigenvalue weighted by molar-refractivity contribution is -0.294. The molecule has 0 bridgehead atoms. The van der Waals surface area contributed by atoms with E-state index in [2.05, 4.69) is 148 Å². The van der Waals surface area contributed by atoms with Crippen LogP contribution < -0.4 is 11.1 Å². The Morgan fingerprint density at radius 1 is 0.662 bits per heavy atom. The molecule has 1 aliphatic heterocycles. The molecule has 65 heavy (non-hydrogen) atoms. The van der Waals surface area contributed by atoms with Crippen molar-refractivity contribution in [1.29, 1.82) is 0 Å². The summed E-state index contributed by atoms with van der Waals surface area (Å²) in [5.41, 5.74) is 5.19. The zero-order valence-electron chi connectivity index (χ0n) is 36.8. The van der Waals surface area contributed by atoms with Crippen molar-refractivity contribution < 1.29 is 44.6 Å². The summed E-state index contributed by atoms with van der Waals surface area (Å²) in [5.74, 6) is 56.0. The molecular weight excluding hydrogens is 841 g/mol. The number of hydrogen-bond acceptors (Lipinski definition) is 10. The van der Waals surface area contributed by atoms with Crippen molar-refractivity contribution in [2.45, 2.75) is 152 Å². The number of nitrogens with two attached hydrogens (primary N) is 1. The normalized spacial score (nSPS) is 17.3. The van der Waals surface area contributed by atoms with Crippen molar-refractivity contribution in [3.63, 3.8) is 0 Å². The summed E-state index contributed by atoms with van der Waals surface area (Å²) in [4.78, 5) is 24.0. The molecule has 0 radical (unpaired) electrons. The second kappa shape index (κ2) is 39.3. The number of thioether (sulfide) groups is 1. The smallest absolute Gasteiger partial charge is 0.232 e. The van der Waals surface area contributed by atoms with Crippen LogP contribution in [0.4, 0.5) is 0 Å². The SMILES string of the molecule is C#CC#CC#CC#CC#CC#CC#CC#CC#CC#CC#CC#CCC(=O)N[C@@H](CO[C@H]1OC(CSCCC(N)=O)[C@H](O)[C@H](O)C1O)[C@H](O)[C@H](O)CCCCCCCCCCCCCC. The zero-order chi connectivity index (χ0) is 47.6. The van der Waals surface area contributed by atoms with Crippen LogP contribution in [0.25, 0.3) is 0 Å². The van der Waals surface area contributed by atoms with Gasteiger partial charge in [-0.1, -0.05) is 89.9 Å². The molecule has 2 amide bonds. The molecule has 0 aliphatic carbocycles. The van der Waals surface area contributed by atoms with E-state index in [1.165, 1.54) is 63.1 Å². The van der Waals surface area contributed by atoms with E-state index in [1.54, 1.807) is 0 Å². The third-order valence-electron chi connectivity index (χ3n) is 9.05. The second-order valence-electron chi connectivity index (χ2n) is 14.2. The van der Waals surface area contributed by atoms with E-state index in [1.807, 2.05) is 0 Å². The maximum absolute atomic E-state index is 12.9. The van der Waals surface area contributed by atoms with Crippen molar-refractivity contribution in [1.82, 2.24) is 5.32 Å². The Hall–Kier alpha value is -6.27. The molecule has 0 aromatic carbocycles. The molecule has 1 saturated heterocycles. The van der Waals surface area contributed by atoms with Gasteiger partial charge in [0.25, 0.3) is 0 Å². The van der Waals surface area contributed by atoms with E-state index in [0.29, 0.717) is 12.2 Å². The number of carbonyl (C=O) groups is 2. The summed E-state index contributed by atoms with van der Waals surface area (Å²) in [7, 11) is 0. The second-order valence-corrected chi connectivity index (χ2v) is 15.3. The maximum atomic E-state index is 12.9. The van der Waals surface area contributed by atoms with Crippen LogP contribution in [-0.2, 0) is 19.1 Å². The van der Waals surface area contributed by atoms with Crippen LogP contribution in [0.3, 0.4) is 0 Å². The summed E-state index contributed by atoms with van der Waals surface area (Å²) in [5, 5.41) is 56.4. The van der Waals surface area contributed by atoms with Crippen molar-refractivity contribution in [3.8, 4) is 143 Å². The fourth-order valence-electron chi connectivity index (χ4n) is 5.68. The number of aliphatic hydroxyl groups excluding tert-OH is 5. The highest BCUT2D eigenvalue weighted by atomic mass is 32.2. The molecule has 12 heteroatoms. The van der Waals surface area contributed by atoms with Gasteiger partial charge >= 0.3 is 0 Å². The quantitative estimate of drug-likeness (QED) is 0.0526. The van der Waals surface area contributed by atoms with Crippen LogP contribution in [0.5, 0.6) is 0 Å². The molecule has 0 aromatic heterocycles. The summed E-state index contributed by atoms with van der Waals surface area (Å²) in [6.07, 6.45) is 8.87. The largest absolute Gasteiger partial charge is 0.390 e. The number of aliphatic hydroxyl groups is 5. The van der Waals surface area contributed by atoms with Gasteiger partial charge in [0.05, 0.1) is 31.3 Å². The molecule has 1 fully saturated rings. The Kier molecular flexibility index (Phi) is 34.3. The fraction of sp³-hybridized carbons (Fsp3) is 0.509. The zero-order valence-corrected chi connectivity index (χ0v) is 37.6. The molecule has 11 nitrogen and oxygen atoms in total. The highest BCUT2D eigenvalue weighted by Crippen LogP contribution is 2.25. The molecular formula is C53H56N2O9S.